The van der Waals surface area contributed by atoms with Gasteiger partial charge in [-0.15, -0.1) is 0 Å². The summed E-state index contributed by atoms with van der Waals surface area (Å²) in [5, 5.41) is 6.38. The van der Waals surface area contributed by atoms with Crippen LogP contribution in [0.1, 0.15) is 25.7 Å². The lowest BCUT2D eigenvalue weighted by atomic mass is 10.1. The van der Waals surface area contributed by atoms with Gasteiger partial charge >= 0.3 is 0 Å². The topological polar surface area (TPSA) is 50.4 Å². The van der Waals surface area contributed by atoms with Crippen molar-refractivity contribution in [1.82, 2.24) is 5.32 Å². The Morgan fingerprint density at radius 3 is 2.70 bits per heavy atom. The van der Waals surface area contributed by atoms with E-state index in [1.54, 1.807) is 0 Å². The lowest BCUT2D eigenvalue weighted by Crippen LogP contribution is -2.23. The number of para-hydroxylation sites is 3. The molecule has 2 N–H and O–H groups in total. The first-order valence-electron chi connectivity index (χ1n) is 8.16. The lowest BCUT2D eigenvalue weighted by molar-refractivity contribution is -0.116. The molecule has 0 radical (unpaired) electrons. The smallest absolute Gasteiger partial charge is 0.224 e. The summed E-state index contributed by atoms with van der Waals surface area (Å²) in [5.41, 5.74) is 0.709. The number of rotatable bonds is 6. The molecule has 1 amide bonds. The Hall–Kier alpha value is -2.33. The molecule has 0 aromatic heterocycles. The van der Waals surface area contributed by atoms with Gasteiger partial charge in [0.05, 0.1) is 5.69 Å². The Kier molecular flexibility index (Phi) is 5.27. The Labute approximate surface area is 136 Å². The molecule has 1 fully saturated rings. The van der Waals surface area contributed by atoms with Crippen LogP contribution in [0.15, 0.2) is 54.6 Å². The molecule has 2 aromatic carbocycles. The number of anilines is 1. The summed E-state index contributed by atoms with van der Waals surface area (Å²) < 4.78 is 5.86. The molecule has 23 heavy (non-hydrogen) atoms. The second-order valence-electron chi connectivity index (χ2n) is 5.79. The van der Waals surface area contributed by atoms with Gasteiger partial charge in [0.25, 0.3) is 0 Å². The van der Waals surface area contributed by atoms with E-state index in [1.165, 1.54) is 12.8 Å². The van der Waals surface area contributed by atoms with Gasteiger partial charge in [-0.25, -0.2) is 0 Å². The van der Waals surface area contributed by atoms with Crippen molar-refractivity contribution in [2.45, 2.75) is 31.7 Å². The van der Waals surface area contributed by atoms with Gasteiger partial charge in [-0.2, -0.15) is 0 Å². The monoisotopic (exact) mass is 310 g/mol. The molecule has 1 saturated heterocycles. The third-order valence-electron chi connectivity index (χ3n) is 4.01. The van der Waals surface area contributed by atoms with E-state index < -0.39 is 0 Å². The lowest BCUT2D eigenvalue weighted by Gasteiger charge is -2.13. The first-order chi connectivity index (χ1) is 11.3. The summed E-state index contributed by atoms with van der Waals surface area (Å²) in [6, 6.07) is 17.6. The van der Waals surface area contributed by atoms with Crippen LogP contribution in [0.3, 0.4) is 0 Å². The average molecular weight is 310 g/mol. The molecule has 1 aliphatic rings. The summed E-state index contributed by atoms with van der Waals surface area (Å²) in [4.78, 5) is 12.2. The molecule has 3 rings (SSSR count). The van der Waals surface area contributed by atoms with Crippen LogP contribution in [-0.2, 0) is 4.79 Å². The van der Waals surface area contributed by atoms with E-state index >= 15 is 0 Å². The van der Waals surface area contributed by atoms with Gasteiger partial charge in [-0.1, -0.05) is 30.3 Å². The summed E-state index contributed by atoms with van der Waals surface area (Å²) in [5.74, 6) is 1.44. The van der Waals surface area contributed by atoms with E-state index in [2.05, 4.69) is 10.6 Å². The van der Waals surface area contributed by atoms with Crippen LogP contribution in [0, 0.1) is 0 Å². The van der Waals surface area contributed by atoms with E-state index in [9.17, 15) is 4.79 Å². The average Bonchev–Trinajstić information content (AvgIpc) is 3.09. The quantitative estimate of drug-likeness (QED) is 0.849. The molecule has 0 aliphatic carbocycles. The van der Waals surface area contributed by atoms with Crippen molar-refractivity contribution in [1.29, 1.82) is 0 Å². The molecular weight excluding hydrogens is 288 g/mol. The molecule has 1 atom stereocenters. The Morgan fingerprint density at radius 2 is 1.91 bits per heavy atom. The fourth-order valence-electron chi connectivity index (χ4n) is 2.80. The predicted molar refractivity (Wildman–Crippen MR) is 91.8 cm³/mol. The summed E-state index contributed by atoms with van der Waals surface area (Å²) in [7, 11) is 0. The first kappa shape index (κ1) is 15.6. The Morgan fingerprint density at radius 1 is 1.13 bits per heavy atom. The standard InChI is InChI=1S/C19H22N2O2/c22-19(13-12-15-7-6-14-20-15)21-17-10-4-5-11-18(17)23-16-8-2-1-3-9-16/h1-5,8-11,15,20H,6-7,12-14H2,(H,21,22). The van der Waals surface area contributed by atoms with Crippen molar-refractivity contribution in [2.75, 3.05) is 11.9 Å². The molecular formula is C19H22N2O2. The minimum Gasteiger partial charge on any atom is -0.455 e. The number of carbonyl (C=O) groups is 1. The van der Waals surface area contributed by atoms with Gasteiger partial charge in [0, 0.05) is 12.5 Å². The normalized spacial score (nSPS) is 17.0. The third-order valence-corrected chi connectivity index (χ3v) is 4.01. The molecule has 2 aromatic rings. The number of carbonyl (C=O) groups excluding carboxylic acids is 1. The zero-order valence-electron chi connectivity index (χ0n) is 13.1. The molecule has 0 spiro atoms. The van der Waals surface area contributed by atoms with Gasteiger partial charge in [-0.05, 0) is 50.1 Å². The van der Waals surface area contributed by atoms with E-state index in [4.69, 9.17) is 4.74 Å². The highest BCUT2D eigenvalue weighted by Crippen LogP contribution is 2.29. The number of hydrogen-bond donors (Lipinski definition) is 2. The maximum Gasteiger partial charge on any atom is 0.224 e. The van der Waals surface area contributed by atoms with Crippen LogP contribution < -0.4 is 15.4 Å². The van der Waals surface area contributed by atoms with Crippen molar-refractivity contribution in [2.24, 2.45) is 0 Å². The minimum atomic E-state index is 0.0304. The molecule has 0 bridgehead atoms. The number of hydrogen-bond acceptors (Lipinski definition) is 3. The van der Waals surface area contributed by atoms with E-state index in [0.717, 1.165) is 18.7 Å². The number of ether oxygens (including phenoxy) is 1. The first-order valence-corrected chi connectivity index (χ1v) is 8.16. The maximum absolute atomic E-state index is 12.2. The second-order valence-corrected chi connectivity index (χ2v) is 5.79. The van der Waals surface area contributed by atoms with Crippen LogP contribution >= 0.6 is 0 Å². The molecule has 4 nitrogen and oxygen atoms in total. The van der Waals surface area contributed by atoms with Crippen molar-refractivity contribution in [3.05, 3.63) is 54.6 Å². The molecule has 0 saturated carbocycles. The van der Waals surface area contributed by atoms with Crippen molar-refractivity contribution < 1.29 is 9.53 Å². The fourth-order valence-corrected chi connectivity index (χ4v) is 2.80. The van der Waals surface area contributed by atoms with E-state index in [1.807, 2.05) is 54.6 Å². The molecule has 4 heteroatoms. The van der Waals surface area contributed by atoms with E-state index in [0.29, 0.717) is 23.9 Å². The van der Waals surface area contributed by atoms with Crippen LogP contribution in [0.4, 0.5) is 5.69 Å². The summed E-state index contributed by atoms with van der Waals surface area (Å²) in [6.07, 6.45) is 3.78. The predicted octanol–water partition coefficient (Wildman–Crippen LogP) is 3.95. The fraction of sp³-hybridized carbons (Fsp3) is 0.316. The molecule has 1 unspecified atom stereocenters. The van der Waals surface area contributed by atoms with Crippen molar-refractivity contribution in [3.63, 3.8) is 0 Å². The number of nitrogens with one attached hydrogen (secondary N) is 2. The summed E-state index contributed by atoms with van der Waals surface area (Å²) >= 11 is 0. The van der Waals surface area contributed by atoms with Crippen LogP contribution in [-0.4, -0.2) is 18.5 Å². The zero-order chi connectivity index (χ0) is 15.9. The van der Waals surface area contributed by atoms with Gasteiger partial charge < -0.3 is 15.4 Å². The Bertz CT molecular complexity index is 637. The third kappa shape index (κ3) is 4.57. The molecule has 120 valence electrons. The SMILES string of the molecule is O=C(CCC1CCCN1)Nc1ccccc1Oc1ccccc1. The van der Waals surface area contributed by atoms with Gasteiger partial charge in [0.15, 0.2) is 5.75 Å². The number of benzene rings is 2. The summed E-state index contributed by atoms with van der Waals surface area (Å²) in [6.45, 7) is 1.07. The molecule has 1 aliphatic heterocycles. The largest absolute Gasteiger partial charge is 0.455 e. The van der Waals surface area contributed by atoms with Gasteiger partial charge in [0.2, 0.25) is 5.91 Å². The van der Waals surface area contributed by atoms with Crippen LogP contribution in [0.5, 0.6) is 11.5 Å². The van der Waals surface area contributed by atoms with E-state index in [-0.39, 0.29) is 5.91 Å². The Balaban J connectivity index is 1.59. The maximum atomic E-state index is 12.2. The zero-order valence-corrected chi connectivity index (χ0v) is 13.1. The highest BCUT2D eigenvalue weighted by molar-refractivity contribution is 5.92. The second kappa shape index (κ2) is 7.79. The van der Waals surface area contributed by atoms with Gasteiger partial charge in [0.1, 0.15) is 5.75 Å². The van der Waals surface area contributed by atoms with Crippen LogP contribution in [0.2, 0.25) is 0 Å². The highest BCUT2D eigenvalue weighted by atomic mass is 16.5. The van der Waals surface area contributed by atoms with Crippen molar-refractivity contribution in [3.8, 4) is 11.5 Å². The highest BCUT2D eigenvalue weighted by Gasteiger charge is 2.16. The minimum absolute atomic E-state index is 0.0304. The van der Waals surface area contributed by atoms with Crippen molar-refractivity contribution >= 4 is 11.6 Å². The molecule has 1 heterocycles. The van der Waals surface area contributed by atoms with Gasteiger partial charge in [-0.3, -0.25) is 4.79 Å². The van der Waals surface area contributed by atoms with Crippen LogP contribution in [0.25, 0.3) is 0 Å². The number of amides is 1.